The minimum absolute atomic E-state index is 0.0167. The Hall–Kier alpha value is -1.53. The average molecular weight is 364 g/mol. The van der Waals surface area contributed by atoms with E-state index in [9.17, 15) is 9.59 Å². The number of rotatable bonds is 7. The minimum atomic E-state index is -0.417. The van der Waals surface area contributed by atoms with Gasteiger partial charge in [0.1, 0.15) is 0 Å². The van der Waals surface area contributed by atoms with Crippen molar-refractivity contribution in [1.82, 2.24) is 10.2 Å². The average Bonchev–Trinajstić information content (AvgIpc) is 2.65. The molecule has 1 aromatic rings. The third-order valence-electron chi connectivity index (χ3n) is 4.71. The smallest absolute Gasteiger partial charge is 0.239 e. The highest BCUT2D eigenvalue weighted by atomic mass is 32.2. The summed E-state index contributed by atoms with van der Waals surface area (Å²) >= 11 is 1.70. The predicted octanol–water partition coefficient (Wildman–Crippen LogP) is 1.93. The van der Waals surface area contributed by atoms with Crippen LogP contribution in [0.3, 0.4) is 0 Å². The van der Waals surface area contributed by atoms with E-state index in [4.69, 9.17) is 5.73 Å². The number of nitrogens with one attached hydrogen (secondary N) is 1. The number of hydrogen-bond acceptors (Lipinski definition) is 4. The summed E-state index contributed by atoms with van der Waals surface area (Å²) in [5, 5.41) is 3.01. The van der Waals surface area contributed by atoms with Gasteiger partial charge in [0.2, 0.25) is 11.8 Å². The highest BCUT2D eigenvalue weighted by molar-refractivity contribution is 7.98. The molecule has 0 radical (unpaired) electrons. The lowest BCUT2D eigenvalue weighted by atomic mass is 9.95. The van der Waals surface area contributed by atoms with Crippen LogP contribution < -0.4 is 11.1 Å². The first-order valence-electron chi connectivity index (χ1n) is 8.88. The second-order valence-electron chi connectivity index (χ2n) is 6.69. The van der Waals surface area contributed by atoms with Gasteiger partial charge in [-0.1, -0.05) is 29.8 Å². The molecule has 0 aliphatic carbocycles. The van der Waals surface area contributed by atoms with Gasteiger partial charge in [0.05, 0.1) is 6.04 Å². The van der Waals surface area contributed by atoms with Gasteiger partial charge in [-0.25, -0.2) is 0 Å². The van der Waals surface area contributed by atoms with E-state index in [0.29, 0.717) is 38.9 Å². The summed E-state index contributed by atoms with van der Waals surface area (Å²) in [5.41, 5.74) is 8.28. The van der Waals surface area contributed by atoms with Crippen LogP contribution in [0.4, 0.5) is 0 Å². The molecule has 1 fully saturated rings. The fourth-order valence-corrected chi connectivity index (χ4v) is 3.49. The van der Waals surface area contributed by atoms with Gasteiger partial charge in [0.25, 0.3) is 0 Å². The van der Waals surface area contributed by atoms with Crippen molar-refractivity contribution in [3.05, 3.63) is 35.4 Å². The van der Waals surface area contributed by atoms with E-state index in [1.807, 2.05) is 42.3 Å². The van der Waals surface area contributed by atoms with Gasteiger partial charge in [-0.3, -0.25) is 9.59 Å². The first kappa shape index (κ1) is 19.8. The number of benzene rings is 1. The molecule has 3 N–H and O–H groups in total. The highest BCUT2D eigenvalue weighted by Crippen LogP contribution is 2.18. The Balaban J connectivity index is 1.74. The molecule has 1 aliphatic heterocycles. The number of carbonyl (C=O) groups excluding carboxylic acids is 2. The number of likely N-dealkylation sites (tertiary alicyclic amines) is 1. The lowest BCUT2D eigenvalue weighted by Crippen LogP contribution is -2.49. The first-order valence-corrected chi connectivity index (χ1v) is 10.3. The monoisotopic (exact) mass is 363 g/mol. The van der Waals surface area contributed by atoms with Crippen LogP contribution in [-0.2, 0) is 16.1 Å². The normalized spacial score (nSPS) is 16.5. The second kappa shape index (κ2) is 9.82. The summed E-state index contributed by atoms with van der Waals surface area (Å²) in [5.74, 6) is 0.981. The van der Waals surface area contributed by atoms with Crippen molar-refractivity contribution in [1.29, 1.82) is 0 Å². The Morgan fingerprint density at radius 3 is 2.52 bits per heavy atom. The fraction of sp³-hybridized carbons (Fsp3) is 0.579. The molecule has 25 heavy (non-hydrogen) atoms. The number of hydrogen-bond donors (Lipinski definition) is 2. The molecule has 1 aliphatic rings. The molecule has 138 valence electrons. The fourth-order valence-electron chi connectivity index (χ4n) is 3.00. The zero-order valence-corrected chi connectivity index (χ0v) is 16.0. The molecule has 2 rings (SSSR count). The highest BCUT2D eigenvalue weighted by Gasteiger charge is 2.29. The van der Waals surface area contributed by atoms with Crippen LogP contribution in [0, 0.1) is 12.8 Å². The predicted molar refractivity (Wildman–Crippen MR) is 103 cm³/mol. The number of amides is 2. The largest absolute Gasteiger partial charge is 0.352 e. The quantitative estimate of drug-likeness (QED) is 0.776. The van der Waals surface area contributed by atoms with E-state index in [2.05, 4.69) is 5.32 Å². The van der Waals surface area contributed by atoms with Gasteiger partial charge in [-0.2, -0.15) is 11.8 Å². The Morgan fingerprint density at radius 2 is 1.92 bits per heavy atom. The number of piperidine rings is 1. The Kier molecular flexibility index (Phi) is 7.78. The van der Waals surface area contributed by atoms with Gasteiger partial charge in [-0.05, 0) is 43.8 Å². The molecule has 0 spiro atoms. The SMILES string of the molecule is CSCC[C@H](N)C(=O)N1CCC(C(=O)NCc2ccc(C)cc2)CC1. The van der Waals surface area contributed by atoms with Crippen LogP contribution in [0.15, 0.2) is 24.3 Å². The summed E-state index contributed by atoms with van der Waals surface area (Å²) in [6.07, 6.45) is 4.14. The van der Waals surface area contributed by atoms with Crippen LogP contribution >= 0.6 is 11.8 Å². The summed E-state index contributed by atoms with van der Waals surface area (Å²) < 4.78 is 0. The molecule has 0 aromatic heterocycles. The Bertz CT molecular complexity index is 569. The van der Waals surface area contributed by atoms with Gasteiger partial charge < -0.3 is 16.0 Å². The third-order valence-corrected chi connectivity index (χ3v) is 5.36. The van der Waals surface area contributed by atoms with Crippen LogP contribution in [0.2, 0.25) is 0 Å². The van der Waals surface area contributed by atoms with Crippen molar-refractivity contribution in [2.75, 3.05) is 25.1 Å². The molecule has 0 unspecified atom stereocenters. The van der Waals surface area contributed by atoms with Crippen molar-refractivity contribution >= 4 is 23.6 Å². The molecule has 1 heterocycles. The maximum absolute atomic E-state index is 12.3. The van der Waals surface area contributed by atoms with Gasteiger partial charge >= 0.3 is 0 Å². The number of nitrogens with zero attached hydrogens (tertiary/aromatic N) is 1. The van der Waals surface area contributed by atoms with E-state index in [1.54, 1.807) is 11.8 Å². The Labute approximate surface area is 154 Å². The molecule has 2 amide bonds. The third kappa shape index (κ3) is 6.04. The van der Waals surface area contributed by atoms with Crippen LogP contribution in [-0.4, -0.2) is 47.9 Å². The lowest BCUT2D eigenvalue weighted by molar-refractivity contribution is -0.136. The van der Waals surface area contributed by atoms with Crippen LogP contribution in [0.25, 0.3) is 0 Å². The van der Waals surface area contributed by atoms with Crippen molar-refractivity contribution in [3.8, 4) is 0 Å². The number of nitrogens with two attached hydrogens (primary N) is 1. The number of carbonyl (C=O) groups is 2. The van der Waals surface area contributed by atoms with E-state index in [-0.39, 0.29) is 17.7 Å². The molecule has 0 saturated carbocycles. The standard InChI is InChI=1S/C19H29N3O2S/c1-14-3-5-15(6-4-14)13-21-18(23)16-7-10-22(11-8-16)19(24)17(20)9-12-25-2/h3-6,16-17H,7-13,20H2,1-2H3,(H,21,23)/t17-/m0/s1. The van der Waals surface area contributed by atoms with Crippen LogP contribution in [0.5, 0.6) is 0 Å². The van der Waals surface area contributed by atoms with Gasteiger partial charge in [0.15, 0.2) is 0 Å². The zero-order valence-electron chi connectivity index (χ0n) is 15.2. The van der Waals surface area contributed by atoms with Crippen molar-refractivity contribution in [3.63, 3.8) is 0 Å². The number of thioether (sulfide) groups is 1. The molecule has 1 saturated heterocycles. The summed E-state index contributed by atoms with van der Waals surface area (Å²) in [6.45, 7) is 3.84. The van der Waals surface area contributed by atoms with Gasteiger partial charge in [0, 0.05) is 25.6 Å². The summed E-state index contributed by atoms with van der Waals surface area (Å²) in [4.78, 5) is 26.5. The molecule has 6 heteroatoms. The zero-order chi connectivity index (χ0) is 18.2. The topological polar surface area (TPSA) is 75.4 Å². The van der Waals surface area contributed by atoms with Crippen molar-refractivity contribution < 1.29 is 9.59 Å². The summed E-state index contributed by atoms with van der Waals surface area (Å²) in [7, 11) is 0. The number of aryl methyl sites for hydroxylation is 1. The molecule has 1 aromatic carbocycles. The van der Waals surface area contributed by atoms with E-state index < -0.39 is 6.04 Å². The second-order valence-corrected chi connectivity index (χ2v) is 7.68. The van der Waals surface area contributed by atoms with E-state index >= 15 is 0 Å². The van der Waals surface area contributed by atoms with E-state index in [1.165, 1.54) is 5.56 Å². The Morgan fingerprint density at radius 1 is 1.28 bits per heavy atom. The maximum atomic E-state index is 12.3. The summed E-state index contributed by atoms with van der Waals surface area (Å²) in [6, 6.07) is 7.75. The minimum Gasteiger partial charge on any atom is -0.352 e. The first-order chi connectivity index (χ1) is 12.0. The van der Waals surface area contributed by atoms with E-state index in [0.717, 1.165) is 11.3 Å². The molecular formula is C19H29N3O2S. The molecular weight excluding hydrogens is 334 g/mol. The molecule has 1 atom stereocenters. The van der Waals surface area contributed by atoms with Crippen molar-refractivity contribution in [2.24, 2.45) is 11.7 Å². The maximum Gasteiger partial charge on any atom is 0.239 e. The van der Waals surface area contributed by atoms with Crippen molar-refractivity contribution in [2.45, 2.75) is 38.8 Å². The van der Waals surface area contributed by atoms with Crippen LogP contribution in [0.1, 0.15) is 30.4 Å². The molecule has 0 bridgehead atoms. The van der Waals surface area contributed by atoms with Gasteiger partial charge in [-0.15, -0.1) is 0 Å². The molecule has 5 nitrogen and oxygen atoms in total. The lowest BCUT2D eigenvalue weighted by Gasteiger charge is -2.33.